The first-order valence-electron chi connectivity index (χ1n) is 5.64. The van der Waals surface area contributed by atoms with E-state index in [2.05, 4.69) is 10.3 Å². The highest BCUT2D eigenvalue weighted by Gasteiger charge is 2.33. The van der Waals surface area contributed by atoms with Crippen LogP contribution in [0.4, 0.5) is 24.5 Å². The number of aromatic nitrogens is 1. The van der Waals surface area contributed by atoms with Crippen LogP contribution >= 0.6 is 11.8 Å². The summed E-state index contributed by atoms with van der Waals surface area (Å²) in [4.78, 5) is 3.31. The van der Waals surface area contributed by atoms with Crippen LogP contribution in [0.5, 0.6) is 0 Å². The summed E-state index contributed by atoms with van der Waals surface area (Å²) in [6.45, 7) is 0. The summed E-state index contributed by atoms with van der Waals surface area (Å²) >= 11 is 1.86. The van der Waals surface area contributed by atoms with Crippen molar-refractivity contribution in [3.05, 3.63) is 18.0 Å². The number of rotatable bonds is 2. The third-order valence-electron chi connectivity index (χ3n) is 2.81. The highest BCUT2D eigenvalue weighted by molar-refractivity contribution is 7.99. The van der Waals surface area contributed by atoms with Crippen LogP contribution in [0.1, 0.15) is 18.5 Å². The lowest BCUT2D eigenvalue weighted by atomic mass is 10.1. The molecule has 1 aliphatic rings. The van der Waals surface area contributed by atoms with Gasteiger partial charge >= 0.3 is 6.18 Å². The number of pyridine rings is 1. The van der Waals surface area contributed by atoms with E-state index in [0.29, 0.717) is 5.69 Å². The van der Waals surface area contributed by atoms with Crippen LogP contribution in [0, 0.1) is 0 Å². The number of alkyl halides is 3. The van der Waals surface area contributed by atoms with Crippen molar-refractivity contribution in [1.82, 2.24) is 4.98 Å². The number of hydrogen-bond donors (Lipinski definition) is 2. The Bertz CT molecular complexity index is 416. The van der Waals surface area contributed by atoms with Crippen LogP contribution in [-0.4, -0.2) is 22.5 Å². The molecule has 0 amide bonds. The number of halogens is 3. The van der Waals surface area contributed by atoms with E-state index in [1.165, 1.54) is 0 Å². The molecular weight excluding hydrogens is 263 g/mol. The number of nitrogens with one attached hydrogen (secondary N) is 1. The van der Waals surface area contributed by atoms with Crippen LogP contribution < -0.4 is 11.1 Å². The molecule has 1 aromatic heterocycles. The molecule has 18 heavy (non-hydrogen) atoms. The van der Waals surface area contributed by atoms with E-state index < -0.39 is 11.9 Å². The number of anilines is 2. The summed E-state index contributed by atoms with van der Waals surface area (Å²) in [6.07, 6.45) is -1.50. The quantitative estimate of drug-likeness (QED) is 0.872. The van der Waals surface area contributed by atoms with Crippen LogP contribution in [0.25, 0.3) is 0 Å². The highest BCUT2D eigenvalue weighted by Crippen LogP contribution is 2.32. The van der Waals surface area contributed by atoms with Crippen molar-refractivity contribution in [2.45, 2.75) is 25.1 Å². The van der Waals surface area contributed by atoms with Crippen LogP contribution in [0.15, 0.2) is 12.3 Å². The van der Waals surface area contributed by atoms with Gasteiger partial charge in [-0.15, -0.1) is 0 Å². The molecule has 0 spiro atoms. The molecule has 1 fully saturated rings. The Balaban J connectivity index is 2.15. The van der Waals surface area contributed by atoms with Crippen molar-refractivity contribution >= 4 is 23.1 Å². The summed E-state index contributed by atoms with van der Waals surface area (Å²) in [6, 6.07) is 1.17. The van der Waals surface area contributed by atoms with Crippen molar-refractivity contribution in [2.75, 3.05) is 22.6 Å². The van der Waals surface area contributed by atoms with E-state index in [4.69, 9.17) is 5.73 Å². The molecule has 0 unspecified atom stereocenters. The number of nitrogen functional groups attached to an aromatic ring is 1. The van der Waals surface area contributed by atoms with Gasteiger partial charge in [-0.1, -0.05) is 0 Å². The lowest BCUT2D eigenvalue weighted by Gasteiger charge is -2.24. The second-order valence-electron chi connectivity index (χ2n) is 4.19. The minimum Gasteiger partial charge on any atom is -0.396 e. The predicted molar refractivity (Wildman–Crippen MR) is 67.6 cm³/mol. The van der Waals surface area contributed by atoms with E-state index in [0.717, 1.165) is 36.6 Å². The molecule has 2 heterocycles. The summed E-state index contributed by atoms with van der Waals surface area (Å²) in [5, 5.41) is 3.08. The predicted octanol–water partition coefficient (Wildman–Crippen LogP) is 2.99. The molecule has 0 atom stereocenters. The number of thioether (sulfide) groups is 1. The van der Waals surface area contributed by atoms with Gasteiger partial charge in [-0.05, 0) is 30.4 Å². The summed E-state index contributed by atoms with van der Waals surface area (Å²) in [5.74, 6) is 2.05. The van der Waals surface area contributed by atoms with E-state index in [-0.39, 0.29) is 11.7 Å². The average Bonchev–Trinajstić information content (AvgIpc) is 2.32. The molecule has 0 bridgehead atoms. The summed E-state index contributed by atoms with van der Waals surface area (Å²) in [7, 11) is 0. The van der Waals surface area contributed by atoms with Crippen molar-refractivity contribution < 1.29 is 13.2 Å². The first-order chi connectivity index (χ1) is 8.47. The van der Waals surface area contributed by atoms with Crippen LogP contribution in [0.3, 0.4) is 0 Å². The molecule has 1 saturated heterocycles. The standard InChI is InChI=1S/C11H14F3N3S/c12-11(13,14)10-5-9(8(15)6-16-10)17-7-1-3-18-4-2-7/h5-7H,1-4,15H2,(H,16,17). The zero-order valence-electron chi connectivity index (χ0n) is 9.63. The lowest BCUT2D eigenvalue weighted by Crippen LogP contribution is -2.25. The van der Waals surface area contributed by atoms with E-state index in [1.807, 2.05) is 11.8 Å². The van der Waals surface area contributed by atoms with E-state index >= 15 is 0 Å². The molecule has 1 aliphatic heterocycles. The fraction of sp³-hybridized carbons (Fsp3) is 0.545. The third-order valence-corrected chi connectivity index (χ3v) is 3.85. The second kappa shape index (κ2) is 5.26. The zero-order chi connectivity index (χ0) is 13.2. The Morgan fingerprint density at radius 2 is 2.00 bits per heavy atom. The van der Waals surface area contributed by atoms with Gasteiger partial charge in [0, 0.05) is 6.04 Å². The summed E-state index contributed by atoms with van der Waals surface area (Å²) < 4.78 is 37.6. The van der Waals surface area contributed by atoms with Gasteiger partial charge in [0.05, 0.1) is 17.6 Å². The van der Waals surface area contributed by atoms with Gasteiger partial charge in [-0.2, -0.15) is 24.9 Å². The van der Waals surface area contributed by atoms with Crippen LogP contribution in [-0.2, 0) is 6.18 Å². The second-order valence-corrected chi connectivity index (χ2v) is 5.41. The topological polar surface area (TPSA) is 50.9 Å². The van der Waals surface area contributed by atoms with Gasteiger partial charge in [-0.25, -0.2) is 4.98 Å². The fourth-order valence-corrected chi connectivity index (χ4v) is 2.91. The molecule has 0 saturated carbocycles. The van der Waals surface area contributed by atoms with Crippen LogP contribution in [0.2, 0.25) is 0 Å². The fourth-order valence-electron chi connectivity index (χ4n) is 1.81. The number of hydrogen-bond acceptors (Lipinski definition) is 4. The van der Waals surface area contributed by atoms with Crippen molar-refractivity contribution in [3.63, 3.8) is 0 Å². The van der Waals surface area contributed by atoms with Crippen molar-refractivity contribution in [3.8, 4) is 0 Å². The summed E-state index contributed by atoms with van der Waals surface area (Å²) in [5.41, 5.74) is 5.32. The van der Waals surface area contributed by atoms with Gasteiger partial charge in [0.25, 0.3) is 0 Å². The van der Waals surface area contributed by atoms with Gasteiger partial charge < -0.3 is 11.1 Å². The van der Waals surface area contributed by atoms with Crippen molar-refractivity contribution in [2.24, 2.45) is 0 Å². The van der Waals surface area contributed by atoms with Crippen molar-refractivity contribution in [1.29, 1.82) is 0 Å². The maximum Gasteiger partial charge on any atom is 0.433 e. The molecule has 100 valence electrons. The minimum atomic E-state index is -4.44. The van der Waals surface area contributed by atoms with E-state index in [1.54, 1.807) is 0 Å². The molecule has 2 rings (SSSR count). The molecule has 3 N–H and O–H groups in total. The number of nitrogens with two attached hydrogens (primary N) is 1. The van der Waals surface area contributed by atoms with Gasteiger partial charge in [0.1, 0.15) is 5.69 Å². The van der Waals surface area contributed by atoms with Gasteiger partial charge in [-0.3, -0.25) is 0 Å². The average molecular weight is 277 g/mol. The van der Waals surface area contributed by atoms with E-state index in [9.17, 15) is 13.2 Å². The number of nitrogens with zero attached hydrogens (tertiary/aromatic N) is 1. The molecule has 0 radical (unpaired) electrons. The molecule has 0 aliphatic carbocycles. The monoisotopic (exact) mass is 277 g/mol. The maximum absolute atomic E-state index is 12.5. The molecule has 3 nitrogen and oxygen atoms in total. The Hall–Kier alpha value is -1.11. The normalized spacial score (nSPS) is 17.7. The highest BCUT2D eigenvalue weighted by atomic mass is 32.2. The first kappa shape index (κ1) is 13.3. The Labute approximate surface area is 107 Å². The third kappa shape index (κ3) is 3.22. The Kier molecular flexibility index (Phi) is 3.89. The lowest BCUT2D eigenvalue weighted by molar-refractivity contribution is -0.141. The Morgan fingerprint density at radius 3 is 2.61 bits per heavy atom. The first-order valence-corrected chi connectivity index (χ1v) is 6.79. The SMILES string of the molecule is Nc1cnc(C(F)(F)F)cc1NC1CCSCC1. The zero-order valence-corrected chi connectivity index (χ0v) is 10.4. The molecule has 7 heteroatoms. The molecular formula is C11H14F3N3S. The van der Waals surface area contributed by atoms with Gasteiger partial charge in [0.15, 0.2) is 0 Å². The largest absolute Gasteiger partial charge is 0.433 e. The molecule has 1 aromatic rings. The minimum absolute atomic E-state index is 0.192. The maximum atomic E-state index is 12.5. The van der Waals surface area contributed by atoms with Gasteiger partial charge in [0.2, 0.25) is 0 Å². The molecule has 0 aromatic carbocycles. The Morgan fingerprint density at radius 1 is 1.33 bits per heavy atom. The smallest absolute Gasteiger partial charge is 0.396 e.